The van der Waals surface area contributed by atoms with Gasteiger partial charge in [-0.15, -0.1) is 0 Å². The van der Waals surface area contributed by atoms with Crippen molar-refractivity contribution in [1.29, 1.82) is 0 Å². The lowest BCUT2D eigenvalue weighted by Crippen LogP contribution is -2.45. The molecule has 2 unspecified atom stereocenters. The zero-order chi connectivity index (χ0) is 14.1. The largest absolute Gasteiger partial charge is 0.493 e. The average molecular weight is 273 g/mol. The van der Waals surface area contributed by atoms with Crippen molar-refractivity contribution in [2.45, 2.75) is 45.6 Å². The predicted molar refractivity (Wildman–Crippen MR) is 79.1 cm³/mol. The third kappa shape index (κ3) is 2.54. The molecule has 1 heterocycles. The molecular weight excluding hydrogens is 250 g/mol. The molecule has 1 aromatic carbocycles. The average Bonchev–Trinajstić information content (AvgIpc) is 2.90. The van der Waals surface area contributed by atoms with Gasteiger partial charge in [0.15, 0.2) is 0 Å². The molecule has 3 heteroatoms. The molecule has 3 nitrogen and oxygen atoms in total. The molecule has 1 amide bonds. The lowest BCUT2D eigenvalue weighted by Gasteiger charge is -2.35. The summed E-state index contributed by atoms with van der Waals surface area (Å²) in [7, 11) is 0. The number of fused-ring (bicyclic) bond motifs is 1. The minimum absolute atomic E-state index is 0.0605. The molecule has 3 rings (SSSR count). The smallest absolute Gasteiger partial charge is 0.251 e. The highest BCUT2D eigenvalue weighted by Crippen LogP contribution is 2.30. The first-order valence-electron chi connectivity index (χ1n) is 7.72. The molecule has 1 N–H and O–H groups in total. The van der Waals surface area contributed by atoms with Crippen LogP contribution in [0.5, 0.6) is 5.75 Å². The van der Waals surface area contributed by atoms with Crippen molar-refractivity contribution >= 4 is 5.91 Å². The Balaban J connectivity index is 1.72. The molecule has 0 radical (unpaired) electrons. The Hall–Kier alpha value is -1.51. The summed E-state index contributed by atoms with van der Waals surface area (Å²) in [5.74, 6) is 2.13. The lowest BCUT2D eigenvalue weighted by molar-refractivity contribution is 0.0880. The van der Waals surface area contributed by atoms with Gasteiger partial charge in [0.1, 0.15) is 5.75 Å². The zero-order valence-electron chi connectivity index (χ0n) is 12.3. The van der Waals surface area contributed by atoms with E-state index in [2.05, 4.69) is 19.2 Å². The van der Waals surface area contributed by atoms with E-state index in [1.54, 1.807) is 0 Å². The number of hydrogen-bond donors (Lipinski definition) is 1. The van der Waals surface area contributed by atoms with Gasteiger partial charge in [-0.1, -0.05) is 20.3 Å². The molecule has 2 atom stereocenters. The van der Waals surface area contributed by atoms with Gasteiger partial charge in [-0.25, -0.2) is 0 Å². The lowest BCUT2D eigenvalue weighted by atomic mass is 9.78. The number of carbonyl (C=O) groups excluding carboxylic acids is 1. The fourth-order valence-electron chi connectivity index (χ4n) is 3.53. The molecule has 1 aromatic rings. The van der Waals surface area contributed by atoms with Crippen molar-refractivity contribution < 1.29 is 9.53 Å². The van der Waals surface area contributed by atoms with E-state index in [-0.39, 0.29) is 5.91 Å². The second-order valence-corrected chi connectivity index (χ2v) is 6.31. The van der Waals surface area contributed by atoms with Crippen LogP contribution in [0.2, 0.25) is 0 Å². The summed E-state index contributed by atoms with van der Waals surface area (Å²) in [5, 5.41) is 3.25. The molecule has 108 valence electrons. The SMILES string of the molecule is CC1CCCC(C)C1NC(=O)c1ccc2c(c1)CCO2. The molecule has 2 aliphatic rings. The molecule has 20 heavy (non-hydrogen) atoms. The van der Waals surface area contributed by atoms with Crippen molar-refractivity contribution in [1.82, 2.24) is 5.32 Å². The third-order valence-electron chi connectivity index (χ3n) is 4.79. The van der Waals surface area contributed by atoms with Gasteiger partial charge in [0.05, 0.1) is 6.61 Å². The van der Waals surface area contributed by atoms with Crippen LogP contribution in [0.25, 0.3) is 0 Å². The molecule has 1 aliphatic carbocycles. The van der Waals surface area contributed by atoms with Crippen LogP contribution in [0, 0.1) is 11.8 Å². The maximum absolute atomic E-state index is 12.5. The molecule has 0 spiro atoms. The summed E-state index contributed by atoms with van der Waals surface area (Å²) < 4.78 is 5.49. The van der Waals surface area contributed by atoms with Crippen LogP contribution in [0.1, 0.15) is 49.0 Å². The van der Waals surface area contributed by atoms with Crippen LogP contribution >= 0.6 is 0 Å². The number of amides is 1. The summed E-state index contributed by atoms with van der Waals surface area (Å²) >= 11 is 0. The van der Waals surface area contributed by atoms with Gasteiger partial charge >= 0.3 is 0 Å². The van der Waals surface area contributed by atoms with Gasteiger partial charge in [-0.2, -0.15) is 0 Å². The first-order valence-corrected chi connectivity index (χ1v) is 7.72. The number of ether oxygens (including phenoxy) is 1. The van der Waals surface area contributed by atoms with Crippen LogP contribution in [-0.4, -0.2) is 18.6 Å². The van der Waals surface area contributed by atoms with Gasteiger partial charge < -0.3 is 10.1 Å². The fraction of sp³-hybridized carbons (Fsp3) is 0.588. The van der Waals surface area contributed by atoms with Crippen LogP contribution in [0.4, 0.5) is 0 Å². The summed E-state index contributed by atoms with van der Waals surface area (Å²) in [6.45, 7) is 5.23. The first kappa shape index (κ1) is 13.5. The number of hydrogen-bond acceptors (Lipinski definition) is 2. The van der Waals surface area contributed by atoms with E-state index in [1.165, 1.54) is 19.3 Å². The minimum atomic E-state index is 0.0605. The first-order chi connectivity index (χ1) is 9.65. The normalized spacial score (nSPS) is 28.6. The number of nitrogens with one attached hydrogen (secondary N) is 1. The maximum atomic E-state index is 12.5. The minimum Gasteiger partial charge on any atom is -0.493 e. The molecule has 1 saturated carbocycles. The number of rotatable bonds is 2. The fourth-order valence-corrected chi connectivity index (χ4v) is 3.53. The van der Waals surface area contributed by atoms with Crippen molar-refractivity contribution in [3.63, 3.8) is 0 Å². The molecule has 1 aliphatic heterocycles. The quantitative estimate of drug-likeness (QED) is 0.898. The van der Waals surface area contributed by atoms with Crippen LogP contribution in [0.3, 0.4) is 0 Å². The van der Waals surface area contributed by atoms with Gasteiger partial charge in [0, 0.05) is 18.0 Å². The van der Waals surface area contributed by atoms with Crippen molar-refractivity contribution in [2.75, 3.05) is 6.61 Å². The van der Waals surface area contributed by atoms with Gasteiger partial charge in [0.25, 0.3) is 5.91 Å². The Morgan fingerprint density at radius 3 is 2.75 bits per heavy atom. The molecular formula is C17H23NO2. The Kier molecular flexibility index (Phi) is 3.68. The van der Waals surface area contributed by atoms with E-state index in [0.29, 0.717) is 17.9 Å². The van der Waals surface area contributed by atoms with Crippen LogP contribution in [0.15, 0.2) is 18.2 Å². The van der Waals surface area contributed by atoms with Gasteiger partial charge in [-0.05, 0) is 48.4 Å². The van der Waals surface area contributed by atoms with Crippen molar-refractivity contribution in [3.05, 3.63) is 29.3 Å². The van der Waals surface area contributed by atoms with E-state index < -0.39 is 0 Å². The highest BCUT2D eigenvalue weighted by Gasteiger charge is 2.29. The summed E-state index contributed by atoms with van der Waals surface area (Å²) in [4.78, 5) is 12.5. The van der Waals surface area contributed by atoms with Gasteiger partial charge in [0.2, 0.25) is 0 Å². The Labute approximate surface area is 120 Å². The number of benzene rings is 1. The van der Waals surface area contributed by atoms with Crippen molar-refractivity contribution in [2.24, 2.45) is 11.8 Å². The van der Waals surface area contributed by atoms with E-state index in [0.717, 1.165) is 29.9 Å². The van der Waals surface area contributed by atoms with E-state index in [4.69, 9.17) is 4.74 Å². The summed E-state index contributed by atoms with van der Waals surface area (Å²) in [5.41, 5.74) is 1.92. The van der Waals surface area contributed by atoms with E-state index >= 15 is 0 Å². The third-order valence-corrected chi connectivity index (χ3v) is 4.79. The maximum Gasteiger partial charge on any atom is 0.251 e. The Morgan fingerprint density at radius 1 is 1.25 bits per heavy atom. The second-order valence-electron chi connectivity index (χ2n) is 6.31. The highest BCUT2D eigenvalue weighted by atomic mass is 16.5. The summed E-state index contributed by atoms with van der Waals surface area (Å²) in [6, 6.07) is 6.08. The standard InChI is InChI=1S/C17H23NO2/c1-11-4-3-5-12(2)16(11)18-17(19)14-6-7-15-13(10-14)8-9-20-15/h6-7,10-12,16H,3-5,8-9H2,1-2H3,(H,18,19). The van der Waals surface area contributed by atoms with Crippen LogP contribution < -0.4 is 10.1 Å². The Morgan fingerprint density at radius 2 is 2.00 bits per heavy atom. The summed E-state index contributed by atoms with van der Waals surface area (Å²) in [6.07, 6.45) is 4.62. The van der Waals surface area contributed by atoms with E-state index in [1.807, 2.05) is 18.2 Å². The van der Waals surface area contributed by atoms with Gasteiger partial charge in [-0.3, -0.25) is 4.79 Å². The predicted octanol–water partition coefficient (Wildman–Crippen LogP) is 3.18. The molecule has 0 bridgehead atoms. The topological polar surface area (TPSA) is 38.3 Å². The number of carbonyl (C=O) groups is 1. The molecule has 1 fully saturated rings. The second kappa shape index (κ2) is 5.47. The van der Waals surface area contributed by atoms with E-state index in [9.17, 15) is 4.79 Å². The molecule has 0 aromatic heterocycles. The zero-order valence-corrected chi connectivity index (χ0v) is 12.3. The van der Waals surface area contributed by atoms with Crippen molar-refractivity contribution in [3.8, 4) is 5.75 Å². The molecule has 0 saturated heterocycles. The monoisotopic (exact) mass is 273 g/mol. The highest BCUT2D eigenvalue weighted by molar-refractivity contribution is 5.94. The Bertz CT molecular complexity index is 502. The van der Waals surface area contributed by atoms with Crippen LogP contribution in [-0.2, 0) is 6.42 Å².